The highest BCUT2D eigenvalue weighted by Gasteiger charge is 2.44. The highest BCUT2D eigenvalue weighted by molar-refractivity contribution is 5.79. The molecule has 0 radical (unpaired) electrons. The summed E-state index contributed by atoms with van der Waals surface area (Å²) in [5, 5.41) is 10.9. The number of benzene rings is 1. The Hall–Kier alpha value is -2.37. The van der Waals surface area contributed by atoms with Crippen LogP contribution in [0.15, 0.2) is 33.8 Å². The molecule has 1 aliphatic rings. The third kappa shape index (κ3) is 3.89. The van der Waals surface area contributed by atoms with E-state index in [9.17, 15) is 4.39 Å². The predicted octanol–water partition coefficient (Wildman–Crippen LogP) is 3.34. The number of nitrogens with one attached hydrogen (secondary N) is 2. The van der Waals surface area contributed by atoms with Crippen LogP contribution in [0, 0.1) is 5.82 Å². The monoisotopic (exact) mass is 358 g/mol. The van der Waals surface area contributed by atoms with Crippen molar-refractivity contribution in [1.29, 1.82) is 0 Å². The second kappa shape index (κ2) is 7.89. The molecule has 2 aromatic rings. The van der Waals surface area contributed by atoms with Crippen LogP contribution in [0.3, 0.4) is 0 Å². The van der Waals surface area contributed by atoms with E-state index >= 15 is 0 Å². The van der Waals surface area contributed by atoms with Crippen molar-refractivity contribution in [3.8, 4) is 0 Å². The molecular weight excluding hydrogens is 331 g/mol. The van der Waals surface area contributed by atoms with E-state index in [2.05, 4.69) is 34.6 Å². The third-order valence-corrected chi connectivity index (χ3v) is 5.15. The standard InChI is InChI=1S/C20H27FN4O/c1-4-17-16(18(5-2)26-25-17)12-23-19(22-3)24-13-20(9-10-20)14-7-6-8-15(21)11-14/h6-8,11H,4-5,9-10,12-13H2,1-3H3,(H2,22,23,24). The Bertz CT molecular complexity index is 758. The van der Waals surface area contributed by atoms with Crippen LogP contribution in [-0.4, -0.2) is 24.7 Å². The minimum absolute atomic E-state index is 0.0140. The van der Waals surface area contributed by atoms with Crippen LogP contribution < -0.4 is 10.6 Å². The molecule has 0 atom stereocenters. The molecule has 1 aromatic carbocycles. The summed E-state index contributed by atoms with van der Waals surface area (Å²) >= 11 is 0. The maximum Gasteiger partial charge on any atom is 0.191 e. The zero-order valence-corrected chi connectivity index (χ0v) is 15.7. The summed E-state index contributed by atoms with van der Waals surface area (Å²) in [6.07, 6.45) is 3.78. The van der Waals surface area contributed by atoms with Gasteiger partial charge in [-0.2, -0.15) is 0 Å². The van der Waals surface area contributed by atoms with Gasteiger partial charge in [0.1, 0.15) is 11.6 Å². The lowest BCUT2D eigenvalue weighted by molar-refractivity contribution is 0.380. The fourth-order valence-corrected chi connectivity index (χ4v) is 3.32. The van der Waals surface area contributed by atoms with Crippen molar-refractivity contribution in [3.63, 3.8) is 0 Å². The maximum absolute atomic E-state index is 13.5. The summed E-state index contributed by atoms with van der Waals surface area (Å²) in [6.45, 7) is 5.50. The van der Waals surface area contributed by atoms with Gasteiger partial charge in [-0.1, -0.05) is 31.1 Å². The molecule has 140 valence electrons. The van der Waals surface area contributed by atoms with Crippen LogP contribution in [0.4, 0.5) is 4.39 Å². The van der Waals surface area contributed by atoms with Crippen molar-refractivity contribution >= 4 is 5.96 Å². The minimum atomic E-state index is -0.178. The van der Waals surface area contributed by atoms with E-state index in [1.807, 2.05) is 6.07 Å². The van der Waals surface area contributed by atoms with Crippen molar-refractivity contribution in [1.82, 2.24) is 15.8 Å². The summed E-state index contributed by atoms with van der Waals surface area (Å²) in [5.74, 6) is 1.48. The Labute approximate surface area is 154 Å². The molecule has 5 nitrogen and oxygen atoms in total. The number of halogens is 1. The fourth-order valence-electron chi connectivity index (χ4n) is 3.32. The van der Waals surface area contributed by atoms with Crippen molar-refractivity contribution in [2.45, 2.75) is 51.5 Å². The molecule has 3 rings (SSSR count). The minimum Gasteiger partial charge on any atom is -0.361 e. The molecule has 0 amide bonds. The average molecular weight is 358 g/mol. The summed E-state index contributed by atoms with van der Waals surface area (Å²) in [7, 11) is 1.76. The number of guanidine groups is 1. The van der Waals surface area contributed by atoms with Crippen LogP contribution >= 0.6 is 0 Å². The van der Waals surface area contributed by atoms with Crippen LogP contribution in [0.5, 0.6) is 0 Å². The van der Waals surface area contributed by atoms with E-state index in [0.29, 0.717) is 6.54 Å². The van der Waals surface area contributed by atoms with E-state index in [0.717, 1.165) is 60.8 Å². The summed E-state index contributed by atoms with van der Waals surface area (Å²) in [4.78, 5) is 4.31. The first-order chi connectivity index (χ1) is 12.6. The smallest absolute Gasteiger partial charge is 0.191 e. The Kier molecular flexibility index (Phi) is 5.59. The maximum atomic E-state index is 13.5. The SMILES string of the molecule is CCc1noc(CC)c1CNC(=NC)NCC1(c2cccc(F)c2)CC1. The van der Waals surface area contributed by atoms with Crippen LogP contribution in [0.2, 0.25) is 0 Å². The molecule has 0 aliphatic heterocycles. The number of rotatable bonds is 7. The van der Waals surface area contributed by atoms with Crippen molar-refractivity contribution in [3.05, 3.63) is 52.7 Å². The molecule has 2 N–H and O–H groups in total. The summed E-state index contributed by atoms with van der Waals surface area (Å²) in [5.41, 5.74) is 3.17. The Morgan fingerprint density at radius 1 is 1.27 bits per heavy atom. The van der Waals surface area contributed by atoms with Crippen molar-refractivity contribution < 1.29 is 8.91 Å². The largest absolute Gasteiger partial charge is 0.361 e. The first kappa shape index (κ1) is 18.4. The van der Waals surface area contributed by atoms with E-state index < -0.39 is 0 Å². The lowest BCUT2D eigenvalue weighted by Crippen LogP contribution is -2.41. The molecule has 6 heteroatoms. The fraction of sp³-hybridized carbons (Fsp3) is 0.500. The number of aryl methyl sites for hydroxylation is 2. The topological polar surface area (TPSA) is 62.5 Å². The molecule has 0 unspecified atom stereocenters. The van der Waals surface area contributed by atoms with Gasteiger partial charge in [-0.25, -0.2) is 4.39 Å². The predicted molar refractivity (Wildman–Crippen MR) is 101 cm³/mol. The number of hydrogen-bond acceptors (Lipinski definition) is 3. The average Bonchev–Trinajstić information content (AvgIpc) is 3.35. The van der Waals surface area contributed by atoms with Crippen LogP contribution in [0.25, 0.3) is 0 Å². The molecule has 26 heavy (non-hydrogen) atoms. The Balaban J connectivity index is 1.60. The zero-order chi connectivity index (χ0) is 18.6. The molecule has 1 aliphatic carbocycles. The number of aromatic nitrogens is 1. The molecule has 1 fully saturated rings. The van der Waals surface area contributed by atoms with Crippen molar-refractivity contribution in [2.75, 3.05) is 13.6 Å². The second-order valence-corrected chi connectivity index (χ2v) is 6.81. The molecule has 0 spiro atoms. The highest BCUT2D eigenvalue weighted by Crippen LogP contribution is 2.47. The summed E-state index contributed by atoms with van der Waals surface area (Å²) < 4.78 is 18.9. The first-order valence-corrected chi connectivity index (χ1v) is 9.28. The zero-order valence-electron chi connectivity index (χ0n) is 15.7. The third-order valence-electron chi connectivity index (χ3n) is 5.15. The molecule has 1 saturated carbocycles. The molecule has 0 bridgehead atoms. The highest BCUT2D eigenvalue weighted by atomic mass is 19.1. The normalized spacial score (nSPS) is 15.8. The van der Waals surface area contributed by atoms with Crippen molar-refractivity contribution in [2.24, 2.45) is 4.99 Å². The quantitative estimate of drug-likeness (QED) is 0.589. The van der Waals surface area contributed by atoms with E-state index in [-0.39, 0.29) is 11.2 Å². The Morgan fingerprint density at radius 3 is 2.69 bits per heavy atom. The van der Waals surface area contributed by atoms with Gasteiger partial charge >= 0.3 is 0 Å². The van der Waals surface area contributed by atoms with Gasteiger partial charge in [0.2, 0.25) is 0 Å². The first-order valence-electron chi connectivity index (χ1n) is 9.28. The van der Waals surface area contributed by atoms with E-state index in [1.165, 1.54) is 6.07 Å². The van der Waals surface area contributed by atoms with Crippen LogP contribution in [0.1, 0.15) is 49.3 Å². The van der Waals surface area contributed by atoms with Gasteiger partial charge in [0.15, 0.2) is 5.96 Å². The Morgan fingerprint density at radius 2 is 2.08 bits per heavy atom. The second-order valence-electron chi connectivity index (χ2n) is 6.81. The van der Waals surface area contributed by atoms with Gasteiger partial charge in [0.05, 0.1) is 5.69 Å². The molecular formula is C20H27FN4O. The van der Waals surface area contributed by atoms with Gasteiger partial charge in [-0.15, -0.1) is 0 Å². The number of hydrogen-bond donors (Lipinski definition) is 2. The van der Waals surface area contributed by atoms with Gasteiger partial charge in [0.25, 0.3) is 0 Å². The van der Waals surface area contributed by atoms with Crippen LogP contribution in [-0.2, 0) is 24.8 Å². The van der Waals surface area contributed by atoms with Gasteiger partial charge < -0.3 is 15.2 Å². The lowest BCUT2D eigenvalue weighted by atomic mass is 9.96. The lowest BCUT2D eigenvalue weighted by Gasteiger charge is -2.19. The van der Waals surface area contributed by atoms with Gasteiger partial charge in [0, 0.05) is 37.5 Å². The summed E-state index contributed by atoms with van der Waals surface area (Å²) in [6, 6.07) is 6.92. The number of nitrogens with zero attached hydrogens (tertiary/aromatic N) is 2. The molecule has 0 saturated heterocycles. The van der Waals surface area contributed by atoms with E-state index in [1.54, 1.807) is 19.2 Å². The number of aliphatic imine (C=N–C) groups is 1. The van der Waals surface area contributed by atoms with Gasteiger partial charge in [-0.05, 0) is 37.0 Å². The van der Waals surface area contributed by atoms with E-state index in [4.69, 9.17) is 4.52 Å². The molecule has 1 heterocycles. The molecule has 1 aromatic heterocycles. The van der Waals surface area contributed by atoms with Gasteiger partial charge in [-0.3, -0.25) is 4.99 Å².